The maximum atomic E-state index is 13.3. The van der Waals surface area contributed by atoms with Crippen LogP contribution in [0.25, 0.3) is 21.9 Å². The highest BCUT2D eigenvalue weighted by Gasteiger charge is 2.25. The van der Waals surface area contributed by atoms with Crippen LogP contribution in [-0.2, 0) is 0 Å². The highest BCUT2D eigenvalue weighted by atomic mass is 32.1. The van der Waals surface area contributed by atoms with E-state index in [2.05, 4.69) is 6.07 Å². The first kappa shape index (κ1) is 16.8. The summed E-state index contributed by atoms with van der Waals surface area (Å²) in [7, 11) is 0. The van der Waals surface area contributed by atoms with Gasteiger partial charge in [0, 0.05) is 10.9 Å². The van der Waals surface area contributed by atoms with Crippen molar-refractivity contribution in [1.82, 2.24) is 0 Å². The monoisotopic (exact) mass is 370 g/mol. The molecule has 0 aliphatic heterocycles. The third-order valence-corrected chi connectivity index (χ3v) is 5.48. The average Bonchev–Trinajstić information content (AvgIpc) is 3.05. The van der Waals surface area contributed by atoms with Gasteiger partial charge in [-0.15, -0.1) is 11.3 Å². The number of phenols is 1. The molecule has 5 heteroatoms. The highest BCUT2D eigenvalue weighted by Crippen LogP contribution is 2.41. The molecule has 0 saturated heterocycles. The Hall–Kier alpha value is -3.62. The van der Waals surface area contributed by atoms with Crippen molar-refractivity contribution in [3.05, 3.63) is 82.7 Å². The molecule has 0 spiro atoms. The van der Waals surface area contributed by atoms with Crippen molar-refractivity contribution in [2.45, 2.75) is 0 Å². The van der Waals surface area contributed by atoms with E-state index in [1.807, 2.05) is 48.5 Å². The normalized spacial score (nSPS) is 10.6. The van der Waals surface area contributed by atoms with Gasteiger partial charge in [-0.05, 0) is 17.0 Å². The molecule has 4 aromatic rings. The lowest BCUT2D eigenvalue weighted by Crippen LogP contribution is -2.02. The number of rotatable bonds is 3. The summed E-state index contributed by atoms with van der Waals surface area (Å²) < 4.78 is 0. The van der Waals surface area contributed by atoms with Gasteiger partial charge in [-0.1, -0.05) is 60.7 Å². The van der Waals surface area contributed by atoms with Gasteiger partial charge in [0.2, 0.25) is 5.78 Å². The second-order valence-electron chi connectivity index (χ2n) is 6.04. The Morgan fingerprint density at radius 2 is 1.70 bits per heavy atom. The number of nitrogens with zero attached hydrogens (tertiary/aromatic N) is 1. The molecule has 0 saturated carbocycles. The van der Waals surface area contributed by atoms with Gasteiger partial charge in [-0.25, -0.2) is 0 Å². The fourth-order valence-corrected chi connectivity index (χ4v) is 4.15. The van der Waals surface area contributed by atoms with Crippen molar-refractivity contribution < 1.29 is 9.90 Å². The van der Waals surface area contributed by atoms with E-state index < -0.39 is 0 Å². The molecular formula is C22H14N2O2S. The Morgan fingerprint density at radius 1 is 1.00 bits per heavy atom. The third kappa shape index (κ3) is 2.73. The van der Waals surface area contributed by atoms with Crippen molar-refractivity contribution in [3.63, 3.8) is 0 Å². The van der Waals surface area contributed by atoms with Crippen LogP contribution in [0.1, 0.15) is 20.8 Å². The summed E-state index contributed by atoms with van der Waals surface area (Å²) in [6.07, 6.45) is 0. The molecule has 0 amide bonds. The van der Waals surface area contributed by atoms with Crippen LogP contribution in [0.5, 0.6) is 5.75 Å². The number of phenolic OH excluding ortho intramolecular Hbond substituents is 1. The van der Waals surface area contributed by atoms with E-state index in [0.29, 0.717) is 20.8 Å². The minimum atomic E-state index is -0.352. The molecule has 4 rings (SSSR count). The number of fused-ring (bicyclic) bond motifs is 1. The second kappa shape index (κ2) is 6.60. The predicted molar refractivity (Wildman–Crippen MR) is 108 cm³/mol. The minimum absolute atomic E-state index is 0.0670. The lowest BCUT2D eigenvalue weighted by atomic mass is 9.96. The number of thiophene rings is 1. The zero-order valence-electron chi connectivity index (χ0n) is 14.1. The van der Waals surface area contributed by atoms with Crippen LogP contribution in [-0.4, -0.2) is 10.9 Å². The van der Waals surface area contributed by atoms with Crippen molar-refractivity contribution >= 4 is 32.9 Å². The molecule has 3 aromatic carbocycles. The van der Waals surface area contributed by atoms with Gasteiger partial charge in [0.1, 0.15) is 16.8 Å². The van der Waals surface area contributed by atoms with Crippen LogP contribution in [0, 0.1) is 11.3 Å². The molecule has 0 aliphatic rings. The number of anilines is 1. The van der Waals surface area contributed by atoms with E-state index >= 15 is 0 Å². The average molecular weight is 370 g/mol. The lowest BCUT2D eigenvalue weighted by Gasteiger charge is -2.08. The quantitative estimate of drug-likeness (QED) is 0.499. The minimum Gasteiger partial charge on any atom is -0.507 e. The molecule has 4 nitrogen and oxygen atoms in total. The fourth-order valence-electron chi connectivity index (χ4n) is 3.16. The largest absolute Gasteiger partial charge is 0.507 e. The Kier molecular flexibility index (Phi) is 4.11. The molecular weight excluding hydrogens is 356 g/mol. The molecule has 130 valence electrons. The molecule has 0 atom stereocenters. The first-order valence-electron chi connectivity index (χ1n) is 8.25. The predicted octanol–water partition coefficient (Wildman–Crippen LogP) is 4.96. The Balaban J connectivity index is 1.94. The summed E-state index contributed by atoms with van der Waals surface area (Å²) in [5, 5.41) is 21.9. The third-order valence-electron chi connectivity index (χ3n) is 4.46. The van der Waals surface area contributed by atoms with E-state index in [-0.39, 0.29) is 22.7 Å². The Labute approximate surface area is 159 Å². The zero-order valence-corrected chi connectivity index (χ0v) is 15.0. The Bertz CT molecular complexity index is 1220. The van der Waals surface area contributed by atoms with E-state index in [1.54, 1.807) is 18.2 Å². The molecule has 1 heterocycles. The van der Waals surface area contributed by atoms with Crippen molar-refractivity contribution in [2.75, 3.05) is 5.73 Å². The topological polar surface area (TPSA) is 87.1 Å². The number of ketones is 1. The number of aromatic hydroxyl groups is 1. The van der Waals surface area contributed by atoms with Gasteiger partial charge in [0.25, 0.3) is 0 Å². The first-order valence-corrected chi connectivity index (χ1v) is 9.06. The number of carbonyl (C=O) groups excluding carboxylic acids is 1. The van der Waals surface area contributed by atoms with Gasteiger partial charge in [-0.2, -0.15) is 5.26 Å². The van der Waals surface area contributed by atoms with Crippen LogP contribution in [0.15, 0.2) is 66.7 Å². The maximum absolute atomic E-state index is 13.3. The lowest BCUT2D eigenvalue weighted by molar-refractivity contribution is 0.104. The number of nitrogens with two attached hydrogens (primary N) is 1. The van der Waals surface area contributed by atoms with Gasteiger partial charge in [0.05, 0.1) is 16.0 Å². The van der Waals surface area contributed by atoms with Crippen molar-refractivity contribution in [1.29, 1.82) is 5.26 Å². The number of nitrogen functional groups attached to an aromatic ring is 1. The van der Waals surface area contributed by atoms with Gasteiger partial charge < -0.3 is 10.8 Å². The summed E-state index contributed by atoms with van der Waals surface area (Å²) in [6, 6.07) is 22.0. The van der Waals surface area contributed by atoms with Crippen LogP contribution in [0.2, 0.25) is 0 Å². The second-order valence-corrected chi connectivity index (χ2v) is 7.09. The summed E-state index contributed by atoms with van der Waals surface area (Å²) in [4.78, 5) is 13.6. The fraction of sp³-hybridized carbons (Fsp3) is 0. The molecule has 0 radical (unpaired) electrons. The number of hydrogen-bond acceptors (Lipinski definition) is 5. The molecule has 0 aliphatic carbocycles. The van der Waals surface area contributed by atoms with Crippen LogP contribution in [0.3, 0.4) is 0 Å². The Morgan fingerprint density at radius 3 is 2.44 bits per heavy atom. The van der Waals surface area contributed by atoms with E-state index in [0.717, 1.165) is 22.3 Å². The van der Waals surface area contributed by atoms with Gasteiger partial charge in [0.15, 0.2) is 0 Å². The van der Waals surface area contributed by atoms with Crippen LogP contribution >= 0.6 is 11.3 Å². The molecule has 27 heavy (non-hydrogen) atoms. The van der Waals surface area contributed by atoms with E-state index in [9.17, 15) is 15.2 Å². The van der Waals surface area contributed by atoms with E-state index in [4.69, 9.17) is 5.73 Å². The van der Waals surface area contributed by atoms with Crippen molar-refractivity contribution in [2.24, 2.45) is 0 Å². The summed E-state index contributed by atoms with van der Waals surface area (Å²) in [5.41, 5.74) is 7.75. The molecule has 0 bridgehead atoms. The molecule has 3 N–H and O–H groups in total. The zero-order chi connectivity index (χ0) is 19.0. The summed E-state index contributed by atoms with van der Waals surface area (Å²) in [6.45, 7) is 0. The molecule has 0 fully saturated rings. The number of nitriles is 1. The standard InChI is InChI=1S/C22H14N2O2S/c23-12-17-18(14-7-2-1-3-8-14)21(27-22(17)24)20(26)16-11-10-13-6-4-5-9-15(13)19(16)25/h1-11,25H,24H2. The number of carbonyl (C=O) groups is 1. The number of benzene rings is 3. The SMILES string of the molecule is N#Cc1c(N)sc(C(=O)c2ccc3ccccc3c2O)c1-c1ccccc1. The summed E-state index contributed by atoms with van der Waals surface area (Å²) >= 11 is 1.07. The van der Waals surface area contributed by atoms with Crippen LogP contribution < -0.4 is 5.73 Å². The molecule has 0 unspecified atom stereocenters. The maximum Gasteiger partial charge on any atom is 0.207 e. The smallest absolute Gasteiger partial charge is 0.207 e. The highest BCUT2D eigenvalue weighted by molar-refractivity contribution is 7.18. The van der Waals surface area contributed by atoms with Crippen LogP contribution in [0.4, 0.5) is 5.00 Å². The van der Waals surface area contributed by atoms with Gasteiger partial charge >= 0.3 is 0 Å². The number of hydrogen-bond donors (Lipinski definition) is 2. The first-order chi connectivity index (χ1) is 13.1. The van der Waals surface area contributed by atoms with Crippen molar-refractivity contribution in [3.8, 4) is 22.9 Å². The van der Waals surface area contributed by atoms with Gasteiger partial charge in [-0.3, -0.25) is 4.79 Å². The summed E-state index contributed by atoms with van der Waals surface area (Å²) in [5.74, 6) is -0.419. The van der Waals surface area contributed by atoms with E-state index in [1.165, 1.54) is 0 Å². The molecule has 1 aromatic heterocycles.